The molecular formula is C9H9N5O2. The van der Waals surface area contributed by atoms with Gasteiger partial charge in [0.05, 0.1) is 0 Å². The summed E-state index contributed by atoms with van der Waals surface area (Å²) in [4.78, 5) is 28.9. The Kier molecular flexibility index (Phi) is 2.50. The van der Waals surface area contributed by atoms with E-state index in [1.54, 1.807) is 24.4 Å². The molecule has 0 aliphatic heterocycles. The van der Waals surface area contributed by atoms with Crippen LogP contribution in [0.4, 0.5) is 5.82 Å². The Morgan fingerprint density at radius 2 is 2.31 bits per heavy atom. The first-order valence-corrected chi connectivity index (χ1v) is 4.52. The molecule has 2 aromatic rings. The first-order chi connectivity index (χ1) is 7.66. The summed E-state index contributed by atoms with van der Waals surface area (Å²) in [5.41, 5.74) is -0.439. The van der Waals surface area contributed by atoms with Gasteiger partial charge >= 0.3 is 5.69 Å². The van der Waals surface area contributed by atoms with E-state index < -0.39 is 11.6 Å². The third kappa shape index (κ3) is 1.97. The molecule has 0 saturated carbocycles. The molecule has 0 fully saturated rings. The molecule has 2 rings (SSSR count). The third-order valence-corrected chi connectivity index (χ3v) is 1.89. The van der Waals surface area contributed by atoms with E-state index in [1.807, 2.05) is 0 Å². The normalized spacial score (nSPS) is 10.1. The van der Waals surface area contributed by atoms with Crippen LogP contribution in [0, 0.1) is 0 Å². The second-order valence-electron chi connectivity index (χ2n) is 3.07. The van der Waals surface area contributed by atoms with E-state index in [4.69, 9.17) is 0 Å². The predicted molar refractivity (Wildman–Crippen MR) is 56.0 cm³/mol. The number of anilines is 1. The summed E-state index contributed by atoms with van der Waals surface area (Å²) in [7, 11) is 1.45. The Balaban J connectivity index is 2.18. The van der Waals surface area contributed by atoms with Gasteiger partial charge in [0.2, 0.25) is 5.82 Å². The number of hydrogen-bond donors (Lipinski definition) is 2. The van der Waals surface area contributed by atoms with Crippen molar-refractivity contribution in [3.05, 3.63) is 40.7 Å². The number of hydrogen-bond acceptors (Lipinski definition) is 4. The molecule has 0 spiro atoms. The lowest BCUT2D eigenvalue weighted by Crippen LogP contribution is -2.15. The Morgan fingerprint density at radius 3 is 2.88 bits per heavy atom. The highest BCUT2D eigenvalue weighted by Gasteiger charge is 2.11. The molecule has 7 heteroatoms. The number of aromatic nitrogens is 4. The Bertz CT molecular complexity index is 557. The van der Waals surface area contributed by atoms with Crippen molar-refractivity contribution in [3.63, 3.8) is 0 Å². The van der Waals surface area contributed by atoms with Crippen LogP contribution in [-0.2, 0) is 7.05 Å². The van der Waals surface area contributed by atoms with E-state index in [1.165, 1.54) is 7.05 Å². The van der Waals surface area contributed by atoms with Crippen LogP contribution < -0.4 is 11.0 Å². The van der Waals surface area contributed by atoms with Crippen molar-refractivity contribution in [3.8, 4) is 0 Å². The van der Waals surface area contributed by atoms with Crippen molar-refractivity contribution in [2.75, 3.05) is 5.32 Å². The van der Waals surface area contributed by atoms with Crippen molar-refractivity contribution in [1.82, 2.24) is 19.7 Å². The fourth-order valence-corrected chi connectivity index (χ4v) is 1.12. The lowest BCUT2D eigenvalue weighted by atomic mass is 10.4. The van der Waals surface area contributed by atoms with Gasteiger partial charge in [-0.3, -0.25) is 9.78 Å². The highest BCUT2D eigenvalue weighted by molar-refractivity contribution is 6.00. The molecule has 1 amide bonds. The number of carbonyl (C=O) groups is 1. The lowest BCUT2D eigenvalue weighted by molar-refractivity contribution is 0.101. The third-order valence-electron chi connectivity index (χ3n) is 1.89. The molecule has 0 bridgehead atoms. The van der Waals surface area contributed by atoms with Gasteiger partial charge in [0.15, 0.2) is 0 Å². The van der Waals surface area contributed by atoms with Gasteiger partial charge in [-0.15, -0.1) is 5.10 Å². The molecular weight excluding hydrogens is 210 g/mol. The van der Waals surface area contributed by atoms with Crippen molar-refractivity contribution in [1.29, 1.82) is 0 Å². The van der Waals surface area contributed by atoms with Crippen molar-refractivity contribution in [2.24, 2.45) is 7.05 Å². The van der Waals surface area contributed by atoms with E-state index in [-0.39, 0.29) is 5.82 Å². The minimum Gasteiger partial charge on any atom is -0.304 e. The molecule has 0 aliphatic carbocycles. The Hall–Kier alpha value is -2.44. The quantitative estimate of drug-likeness (QED) is 0.728. The van der Waals surface area contributed by atoms with Crippen LogP contribution in [0.2, 0.25) is 0 Å². The maximum Gasteiger partial charge on any atom is 0.343 e. The molecule has 2 heterocycles. The summed E-state index contributed by atoms with van der Waals surface area (Å²) >= 11 is 0. The highest BCUT2D eigenvalue weighted by Crippen LogP contribution is 2.01. The largest absolute Gasteiger partial charge is 0.343 e. The van der Waals surface area contributed by atoms with Crippen LogP contribution >= 0.6 is 0 Å². The molecule has 2 N–H and O–H groups in total. The zero-order valence-corrected chi connectivity index (χ0v) is 8.47. The predicted octanol–water partition coefficient (Wildman–Crippen LogP) is -0.244. The number of nitrogens with zero attached hydrogens (tertiary/aromatic N) is 3. The number of nitrogens with one attached hydrogen (secondary N) is 2. The second kappa shape index (κ2) is 3.97. The van der Waals surface area contributed by atoms with Crippen molar-refractivity contribution < 1.29 is 4.79 Å². The minimum absolute atomic E-state index is 0.0434. The summed E-state index contributed by atoms with van der Waals surface area (Å²) in [5, 5.41) is 6.22. The summed E-state index contributed by atoms with van der Waals surface area (Å²) in [6.07, 6.45) is 1.55. The smallest absolute Gasteiger partial charge is 0.304 e. The highest BCUT2D eigenvalue weighted by atomic mass is 16.2. The minimum atomic E-state index is -0.503. The van der Waals surface area contributed by atoms with Crippen LogP contribution in [0.5, 0.6) is 0 Å². The summed E-state index contributed by atoms with van der Waals surface area (Å²) < 4.78 is 1.05. The molecule has 0 atom stereocenters. The monoisotopic (exact) mass is 219 g/mol. The van der Waals surface area contributed by atoms with E-state index in [9.17, 15) is 9.59 Å². The Morgan fingerprint density at radius 1 is 1.50 bits per heavy atom. The fourth-order valence-electron chi connectivity index (χ4n) is 1.12. The zero-order valence-electron chi connectivity index (χ0n) is 8.47. The van der Waals surface area contributed by atoms with Crippen LogP contribution in [0.1, 0.15) is 10.6 Å². The fraction of sp³-hybridized carbons (Fsp3) is 0.111. The van der Waals surface area contributed by atoms with Gasteiger partial charge in [0.1, 0.15) is 5.82 Å². The Labute approximate surface area is 90.1 Å². The molecule has 0 saturated heterocycles. The average molecular weight is 219 g/mol. The summed E-state index contributed by atoms with van der Waals surface area (Å²) in [6.45, 7) is 0. The maximum absolute atomic E-state index is 11.6. The van der Waals surface area contributed by atoms with Gasteiger partial charge in [0, 0.05) is 13.2 Å². The van der Waals surface area contributed by atoms with Gasteiger partial charge < -0.3 is 5.32 Å². The van der Waals surface area contributed by atoms with Crippen LogP contribution in [0.15, 0.2) is 29.2 Å². The molecule has 0 aliphatic rings. The van der Waals surface area contributed by atoms with Crippen LogP contribution in [-0.4, -0.2) is 25.7 Å². The first-order valence-electron chi connectivity index (χ1n) is 4.52. The van der Waals surface area contributed by atoms with Gasteiger partial charge in [-0.2, -0.15) is 0 Å². The summed E-state index contributed by atoms with van der Waals surface area (Å²) in [6, 6.07) is 5.11. The first kappa shape index (κ1) is 10.1. The molecule has 7 nitrogen and oxygen atoms in total. The lowest BCUT2D eigenvalue weighted by Gasteiger charge is -1.99. The number of H-pyrrole nitrogens is 1. The van der Waals surface area contributed by atoms with Gasteiger partial charge in [-0.1, -0.05) is 6.07 Å². The molecule has 0 unspecified atom stereocenters. The number of aromatic amines is 1. The molecule has 2 aromatic heterocycles. The molecule has 0 aromatic carbocycles. The molecule has 82 valence electrons. The van der Waals surface area contributed by atoms with Crippen LogP contribution in [0.3, 0.4) is 0 Å². The molecule has 16 heavy (non-hydrogen) atoms. The topological polar surface area (TPSA) is 92.7 Å². The second-order valence-corrected chi connectivity index (χ2v) is 3.07. The standard InChI is InChI=1S/C9H9N5O2/c1-14-9(16)12-7(13-14)8(15)11-6-4-2-3-5-10-6/h2-5H,1H3,(H,10,11,15)(H,12,13,16). The number of aryl methyl sites for hydroxylation is 1. The number of pyridine rings is 1. The number of carbonyl (C=O) groups excluding carboxylic acids is 1. The van der Waals surface area contributed by atoms with Gasteiger partial charge in [-0.05, 0) is 12.1 Å². The van der Waals surface area contributed by atoms with E-state index in [0.29, 0.717) is 5.82 Å². The van der Waals surface area contributed by atoms with E-state index >= 15 is 0 Å². The SMILES string of the molecule is Cn1nc(C(=O)Nc2ccccn2)[nH]c1=O. The number of rotatable bonds is 2. The van der Waals surface area contributed by atoms with Gasteiger partial charge in [-0.25, -0.2) is 14.5 Å². The van der Waals surface area contributed by atoms with Crippen molar-refractivity contribution in [2.45, 2.75) is 0 Å². The number of amides is 1. The maximum atomic E-state index is 11.6. The van der Waals surface area contributed by atoms with E-state index in [2.05, 4.69) is 20.4 Å². The molecule has 0 radical (unpaired) electrons. The van der Waals surface area contributed by atoms with Crippen LogP contribution in [0.25, 0.3) is 0 Å². The van der Waals surface area contributed by atoms with Gasteiger partial charge in [0.25, 0.3) is 5.91 Å². The zero-order chi connectivity index (χ0) is 11.5. The van der Waals surface area contributed by atoms with E-state index in [0.717, 1.165) is 4.68 Å². The van der Waals surface area contributed by atoms with Crippen molar-refractivity contribution >= 4 is 11.7 Å². The average Bonchev–Trinajstić information content (AvgIpc) is 2.61. The summed E-state index contributed by atoms with van der Waals surface area (Å²) in [5.74, 6) is -0.145.